The lowest BCUT2D eigenvalue weighted by Gasteiger charge is -2.13. The molecule has 0 aliphatic carbocycles. The molecule has 3 aromatic rings. The lowest BCUT2D eigenvalue weighted by Crippen LogP contribution is -2.22. The van der Waals surface area contributed by atoms with E-state index < -0.39 is 10.0 Å². The van der Waals surface area contributed by atoms with Crippen molar-refractivity contribution in [2.75, 3.05) is 19.8 Å². The number of benzene rings is 2. The zero-order valence-corrected chi connectivity index (χ0v) is 17.3. The molecule has 0 saturated carbocycles. The summed E-state index contributed by atoms with van der Waals surface area (Å²) in [6.07, 6.45) is 0. The smallest absolute Gasteiger partial charge is 0.242 e. The van der Waals surface area contributed by atoms with Crippen molar-refractivity contribution in [3.05, 3.63) is 54.1 Å². The zero-order valence-electron chi connectivity index (χ0n) is 15.7. The van der Waals surface area contributed by atoms with Gasteiger partial charge in [-0.3, -0.25) is 4.57 Å². The van der Waals surface area contributed by atoms with Crippen LogP contribution in [0.5, 0.6) is 0 Å². The molecule has 1 aromatic heterocycles. The molecule has 1 heterocycles. The van der Waals surface area contributed by atoms with Crippen LogP contribution in [-0.4, -0.2) is 47.3 Å². The van der Waals surface area contributed by atoms with Crippen molar-refractivity contribution in [3.8, 4) is 23.1 Å². The monoisotopic (exact) mass is 413 g/mol. The molecule has 0 N–H and O–H groups in total. The van der Waals surface area contributed by atoms with Crippen molar-refractivity contribution in [2.45, 2.75) is 17.0 Å². The molecule has 28 heavy (non-hydrogen) atoms. The normalized spacial score (nSPS) is 11.5. The van der Waals surface area contributed by atoms with Crippen LogP contribution >= 0.6 is 11.8 Å². The van der Waals surface area contributed by atoms with Gasteiger partial charge in [0.25, 0.3) is 0 Å². The van der Waals surface area contributed by atoms with Crippen LogP contribution in [-0.2, 0) is 10.0 Å². The lowest BCUT2D eigenvalue weighted by atomic mass is 10.2. The van der Waals surface area contributed by atoms with E-state index in [2.05, 4.69) is 16.3 Å². The van der Waals surface area contributed by atoms with Gasteiger partial charge >= 0.3 is 0 Å². The second kappa shape index (κ2) is 8.14. The van der Waals surface area contributed by atoms with E-state index in [-0.39, 0.29) is 10.6 Å². The molecule has 2 aromatic carbocycles. The van der Waals surface area contributed by atoms with Crippen LogP contribution in [0.3, 0.4) is 0 Å². The fraction of sp³-hybridized carbons (Fsp3) is 0.211. The quantitative estimate of drug-likeness (QED) is 0.577. The number of nitrogens with zero attached hydrogens (tertiary/aromatic N) is 5. The molecular formula is C19H19N5O2S2. The fourth-order valence-electron chi connectivity index (χ4n) is 2.65. The standard InChI is InChI=1S/C19H19N5O2S2/c1-14-6-4-8-16(12-14)24-18(21-22-19(24)27-11-10-20)15-7-5-9-17(13-15)28(25,26)23(2)3/h4-9,12-13H,11H2,1-3H3. The van der Waals surface area contributed by atoms with Crippen LogP contribution in [0.15, 0.2) is 58.6 Å². The van der Waals surface area contributed by atoms with Crippen LogP contribution in [0.1, 0.15) is 5.56 Å². The van der Waals surface area contributed by atoms with Gasteiger partial charge < -0.3 is 0 Å². The third-order valence-corrected chi connectivity index (χ3v) is 6.64. The predicted molar refractivity (Wildman–Crippen MR) is 109 cm³/mol. The molecule has 0 radical (unpaired) electrons. The molecule has 0 amide bonds. The first-order chi connectivity index (χ1) is 13.3. The van der Waals surface area contributed by atoms with E-state index in [1.807, 2.05) is 35.8 Å². The highest BCUT2D eigenvalue weighted by Gasteiger charge is 2.21. The molecular weight excluding hydrogens is 394 g/mol. The summed E-state index contributed by atoms with van der Waals surface area (Å²) >= 11 is 1.28. The number of aromatic nitrogens is 3. The van der Waals surface area contributed by atoms with Crippen molar-refractivity contribution in [1.29, 1.82) is 5.26 Å². The van der Waals surface area contributed by atoms with Gasteiger partial charge in [-0.05, 0) is 36.8 Å². The molecule has 0 bridgehead atoms. The molecule has 0 spiro atoms. The van der Waals surface area contributed by atoms with Crippen LogP contribution in [0.2, 0.25) is 0 Å². The van der Waals surface area contributed by atoms with E-state index in [4.69, 9.17) is 5.26 Å². The Morgan fingerprint density at radius 1 is 1.14 bits per heavy atom. The van der Waals surface area contributed by atoms with Gasteiger partial charge in [0.15, 0.2) is 11.0 Å². The molecule has 0 atom stereocenters. The molecule has 9 heteroatoms. The van der Waals surface area contributed by atoms with E-state index in [1.165, 1.54) is 30.2 Å². The minimum atomic E-state index is -3.57. The van der Waals surface area contributed by atoms with E-state index in [0.717, 1.165) is 11.3 Å². The number of sulfonamides is 1. The molecule has 0 saturated heterocycles. The second-order valence-electron chi connectivity index (χ2n) is 6.24. The van der Waals surface area contributed by atoms with Gasteiger partial charge in [-0.15, -0.1) is 10.2 Å². The minimum absolute atomic E-state index is 0.181. The summed E-state index contributed by atoms with van der Waals surface area (Å²) in [5.41, 5.74) is 2.54. The van der Waals surface area contributed by atoms with E-state index >= 15 is 0 Å². The molecule has 0 fully saturated rings. The van der Waals surface area contributed by atoms with Crippen molar-refractivity contribution >= 4 is 21.8 Å². The number of nitriles is 1. The van der Waals surface area contributed by atoms with Gasteiger partial charge in [-0.1, -0.05) is 36.0 Å². The average Bonchev–Trinajstić information content (AvgIpc) is 3.10. The maximum absolute atomic E-state index is 12.5. The SMILES string of the molecule is Cc1cccc(-n2c(SCC#N)nnc2-c2cccc(S(=O)(=O)N(C)C)c2)c1. The highest BCUT2D eigenvalue weighted by atomic mass is 32.2. The Morgan fingerprint density at radius 2 is 1.89 bits per heavy atom. The van der Waals surface area contributed by atoms with Crippen LogP contribution in [0, 0.1) is 18.3 Å². The Labute approximate surface area is 168 Å². The summed E-state index contributed by atoms with van der Waals surface area (Å²) in [7, 11) is -0.583. The van der Waals surface area contributed by atoms with E-state index in [1.54, 1.807) is 24.3 Å². The molecule has 0 unspecified atom stereocenters. The van der Waals surface area contributed by atoms with Gasteiger partial charge in [-0.2, -0.15) is 5.26 Å². The van der Waals surface area contributed by atoms with Gasteiger partial charge in [0, 0.05) is 25.3 Å². The number of hydrogen-bond donors (Lipinski definition) is 0. The van der Waals surface area contributed by atoms with Gasteiger partial charge in [0.2, 0.25) is 10.0 Å². The fourth-order valence-corrected chi connectivity index (χ4v) is 4.21. The van der Waals surface area contributed by atoms with Gasteiger partial charge in [0.1, 0.15) is 0 Å². The van der Waals surface area contributed by atoms with E-state index in [9.17, 15) is 8.42 Å². The van der Waals surface area contributed by atoms with Crippen LogP contribution < -0.4 is 0 Å². The molecule has 144 valence electrons. The first-order valence-electron chi connectivity index (χ1n) is 8.40. The van der Waals surface area contributed by atoms with Gasteiger partial charge in [-0.25, -0.2) is 12.7 Å². The first kappa shape index (κ1) is 20.1. The largest absolute Gasteiger partial charge is 0.270 e. The zero-order chi connectivity index (χ0) is 20.3. The molecule has 3 rings (SSSR count). The topological polar surface area (TPSA) is 91.9 Å². The summed E-state index contributed by atoms with van der Waals surface area (Å²) in [4.78, 5) is 0.181. The molecule has 7 nitrogen and oxygen atoms in total. The Bertz CT molecular complexity index is 1150. The highest BCUT2D eigenvalue weighted by molar-refractivity contribution is 7.99. The van der Waals surface area contributed by atoms with Crippen molar-refractivity contribution in [2.24, 2.45) is 0 Å². The Hall–Kier alpha value is -2.67. The lowest BCUT2D eigenvalue weighted by molar-refractivity contribution is 0.521. The number of hydrogen-bond acceptors (Lipinski definition) is 6. The third-order valence-electron chi connectivity index (χ3n) is 4.03. The number of rotatable bonds is 6. The average molecular weight is 414 g/mol. The Balaban J connectivity index is 2.18. The Kier molecular flexibility index (Phi) is 5.84. The van der Waals surface area contributed by atoms with Crippen LogP contribution in [0.25, 0.3) is 17.1 Å². The molecule has 0 aliphatic heterocycles. The summed E-state index contributed by atoms with van der Waals surface area (Å²) in [5.74, 6) is 0.751. The third kappa shape index (κ3) is 3.94. The maximum atomic E-state index is 12.5. The van der Waals surface area contributed by atoms with E-state index in [0.29, 0.717) is 16.5 Å². The van der Waals surface area contributed by atoms with Gasteiger partial charge in [0.05, 0.1) is 16.7 Å². The number of thioether (sulfide) groups is 1. The Morgan fingerprint density at radius 3 is 2.57 bits per heavy atom. The predicted octanol–water partition coefficient (Wildman–Crippen LogP) is 3.11. The second-order valence-corrected chi connectivity index (χ2v) is 9.34. The van der Waals surface area contributed by atoms with Crippen molar-refractivity contribution in [3.63, 3.8) is 0 Å². The number of aryl methyl sites for hydroxylation is 1. The van der Waals surface area contributed by atoms with Crippen LogP contribution in [0.4, 0.5) is 0 Å². The minimum Gasteiger partial charge on any atom is -0.270 e. The van der Waals surface area contributed by atoms with Crippen molar-refractivity contribution in [1.82, 2.24) is 19.1 Å². The highest BCUT2D eigenvalue weighted by Crippen LogP contribution is 2.29. The summed E-state index contributed by atoms with van der Waals surface area (Å²) < 4.78 is 28.0. The van der Waals surface area contributed by atoms with Crippen molar-refractivity contribution < 1.29 is 8.42 Å². The summed E-state index contributed by atoms with van der Waals surface area (Å²) in [6.45, 7) is 1.99. The maximum Gasteiger partial charge on any atom is 0.242 e. The summed E-state index contributed by atoms with van der Waals surface area (Å²) in [6, 6.07) is 16.5. The molecule has 0 aliphatic rings. The summed E-state index contributed by atoms with van der Waals surface area (Å²) in [5, 5.41) is 18.0. The first-order valence-corrected chi connectivity index (χ1v) is 10.8.